The molecule has 0 spiro atoms. The molecule has 5 heteroatoms. The standard InChI is InChI=1S/C17H16BrN3O/c18-15(11-14-7-3-1-4-8-14)12-20-21-17(22)13-19-16-9-5-2-6-10-16/h1-12,19H,13H2,(H,21,22)/b15-11-,20-12-. The number of para-hydroxylation sites is 1. The van der Waals surface area contributed by atoms with E-state index in [1.807, 2.05) is 66.7 Å². The number of hydrazone groups is 1. The van der Waals surface area contributed by atoms with Gasteiger partial charge in [-0.15, -0.1) is 0 Å². The van der Waals surface area contributed by atoms with Crippen LogP contribution < -0.4 is 10.7 Å². The number of carbonyl (C=O) groups excluding carboxylic acids is 1. The molecule has 4 nitrogen and oxygen atoms in total. The molecule has 0 saturated heterocycles. The molecule has 0 aliphatic heterocycles. The zero-order chi connectivity index (χ0) is 15.6. The van der Waals surface area contributed by atoms with Gasteiger partial charge < -0.3 is 5.32 Å². The molecule has 0 aliphatic rings. The van der Waals surface area contributed by atoms with Gasteiger partial charge in [0.2, 0.25) is 0 Å². The van der Waals surface area contributed by atoms with Crippen molar-refractivity contribution >= 4 is 39.8 Å². The summed E-state index contributed by atoms with van der Waals surface area (Å²) in [7, 11) is 0. The minimum Gasteiger partial charge on any atom is -0.376 e. The molecule has 0 fully saturated rings. The molecule has 2 aromatic carbocycles. The molecule has 1 amide bonds. The van der Waals surface area contributed by atoms with E-state index in [0.717, 1.165) is 15.7 Å². The highest BCUT2D eigenvalue weighted by molar-refractivity contribution is 9.12. The molecule has 0 radical (unpaired) electrons. The topological polar surface area (TPSA) is 53.5 Å². The molecule has 0 aliphatic carbocycles. The van der Waals surface area contributed by atoms with E-state index in [1.165, 1.54) is 0 Å². The number of amides is 1. The Labute approximate surface area is 138 Å². The van der Waals surface area contributed by atoms with E-state index in [2.05, 4.69) is 31.8 Å². The number of benzene rings is 2. The molecule has 0 saturated carbocycles. The van der Waals surface area contributed by atoms with Gasteiger partial charge in [-0.1, -0.05) is 48.5 Å². The average Bonchev–Trinajstić information content (AvgIpc) is 2.55. The number of rotatable bonds is 6. The van der Waals surface area contributed by atoms with Gasteiger partial charge in [0, 0.05) is 10.2 Å². The Kier molecular flexibility index (Phi) is 6.39. The van der Waals surface area contributed by atoms with Gasteiger partial charge in [-0.3, -0.25) is 4.79 Å². The first kappa shape index (κ1) is 16.0. The second-order valence-electron chi connectivity index (χ2n) is 4.45. The molecule has 0 aromatic heterocycles. The fraction of sp³-hybridized carbons (Fsp3) is 0.0588. The van der Waals surface area contributed by atoms with Crippen molar-refractivity contribution in [1.29, 1.82) is 0 Å². The Hall–Kier alpha value is -2.40. The molecule has 0 bridgehead atoms. The summed E-state index contributed by atoms with van der Waals surface area (Å²) in [5.41, 5.74) is 4.42. The summed E-state index contributed by atoms with van der Waals surface area (Å²) in [5.74, 6) is -0.208. The van der Waals surface area contributed by atoms with Gasteiger partial charge in [-0.25, -0.2) is 5.43 Å². The number of allylic oxidation sites excluding steroid dienone is 1. The second kappa shape index (κ2) is 8.79. The number of hydrogen-bond acceptors (Lipinski definition) is 3. The summed E-state index contributed by atoms with van der Waals surface area (Å²) < 4.78 is 0.773. The van der Waals surface area contributed by atoms with Gasteiger partial charge in [0.1, 0.15) is 0 Å². The summed E-state index contributed by atoms with van der Waals surface area (Å²) in [6.07, 6.45) is 3.46. The van der Waals surface area contributed by atoms with Crippen molar-refractivity contribution in [1.82, 2.24) is 5.43 Å². The van der Waals surface area contributed by atoms with E-state index in [1.54, 1.807) is 6.21 Å². The number of halogens is 1. The third-order valence-electron chi connectivity index (χ3n) is 2.71. The highest BCUT2D eigenvalue weighted by Crippen LogP contribution is 2.09. The van der Waals surface area contributed by atoms with Crippen LogP contribution >= 0.6 is 15.9 Å². The first-order valence-corrected chi connectivity index (χ1v) is 7.56. The van der Waals surface area contributed by atoms with Crippen molar-refractivity contribution in [2.75, 3.05) is 11.9 Å². The predicted octanol–water partition coefficient (Wildman–Crippen LogP) is 3.64. The van der Waals surface area contributed by atoms with Crippen molar-refractivity contribution in [2.24, 2.45) is 5.10 Å². The number of hydrogen-bond donors (Lipinski definition) is 2. The van der Waals surface area contributed by atoms with E-state index in [9.17, 15) is 4.79 Å². The minimum atomic E-state index is -0.208. The largest absolute Gasteiger partial charge is 0.376 e. The maximum Gasteiger partial charge on any atom is 0.259 e. The molecule has 112 valence electrons. The van der Waals surface area contributed by atoms with Crippen LogP contribution in [0.2, 0.25) is 0 Å². The van der Waals surface area contributed by atoms with E-state index < -0.39 is 0 Å². The fourth-order valence-corrected chi connectivity index (χ4v) is 2.06. The van der Waals surface area contributed by atoms with Crippen LogP contribution in [0.3, 0.4) is 0 Å². The molecule has 0 heterocycles. The van der Waals surface area contributed by atoms with Crippen molar-refractivity contribution in [3.63, 3.8) is 0 Å². The minimum absolute atomic E-state index is 0.168. The summed E-state index contributed by atoms with van der Waals surface area (Å²) in [6, 6.07) is 19.4. The zero-order valence-corrected chi connectivity index (χ0v) is 13.5. The first-order valence-electron chi connectivity index (χ1n) is 6.77. The van der Waals surface area contributed by atoms with Gasteiger partial charge >= 0.3 is 0 Å². The number of carbonyl (C=O) groups is 1. The Bertz CT molecular complexity index is 654. The van der Waals surface area contributed by atoms with Crippen LogP contribution in [0.25, 0.3) is 6.08 Å². The first-order chi connectivity index (χ1) is 10.7. The lowest BCUT2D eigenvalue weighted by Gasteiger charge is -2.04. The lowest BCUT2D eigenvalue weighted by Crippen LogP contribution is -2.25. The van der Waals surface area contributed by atoms with Gasteiger partial charge in [0.05, 0.1) is 12.8 Å². The number of nitrogens with one attached hydrogen (secondary N) is 2. The van der Waals surface area contributed by atoms with Crippen LogP contribution in [-0.2, 0) is 4.79 Å². The highest BCUT2D eigenvalue weighted by atomic mass is 79.9. The molecule has 2 aromatic rings. The van der Waals surface area contributed by atoms with Crippen LogP contribution in [0.1, 0.15) is 5.56 Å². The Morgan fingerprint density at radius 2 is 1.68 bits per heavy atom. The van der Waals surface area contributed by atoms with Crippen molar-refractivity contribution in [3.05, 3.63) is 70.7 Å². The average molecular weight is 358 g/mol. The Morgan fingerprint density at radius 1 is 1.05 bits per heavy atom. The molecule has 0 unspecified atom stereocenters. The monoisotopic (exact) mass is 357 g/mol. The third-order valence-corrected chi connectivity index (χ3v) is 3.14. The van der Waals surface area contributed by atoms with Crippen LogP contribution in [0.15, 0.2) is 70.2 Å². The third kappa shape index (κ3) is 5.93. The van der Waals surface area contributed by atoms with Crippen LogP contribution in [-0.4, -0.2) is 18.7 Å². The van der Waals surface area contributed by atoms with Crippen molar-refractivity contribution in [3.8, 4) is 0 Å². The zero-order valence-electron chi connectivity index (χ0n) is 11.9. The van der Waals surface area contributed by atoms with Gasteiger partial charge in [-0.05, 0) is 39.7 Å². The molecule has 2 rings (SSSR count). The maximum atomic E-state index is 11.6. The number of nitrogens with zero attached hydrogens (tertiary/aromatic N) is 1. The second-order valence-corrected chi connectivity index (χ2v) is 5.37. The summed E-state index contributed by atoms with van der Waals surface area (Å²) in [6.45, 7) is 0.168. The van der Waals surface area contributed by atoms with Crippen LogP contribution in [0.5, 0.6) is 0 Å². The summed E-state index contributed by atoms with van der Waals surface area (Å²) in [5, 5.41) is 6.91. The van der Waals surface area contributed by atoms with Crippen LogP contribution in [0.4, 0.5) is 5.69 Å². The number of anilines is 1. The Morgan fingerprint density at radius 3 is 2.36 bits per heavy atom. The van der Waals surface area contributed by atoms with Gasteiger partial charge in [0.15, 0.2) is 0 Å². The van der Waals surface area contributed by atoms with Crippen LogP contribution in [0, 0.1) is 0 Å². The van der Waals surface area contributed by atoms with E-state index in [0.29, 0.717) is 0 Å². The normalized spacial score (nSPS) is 11.4. The smallest absolute Gasteiger partial charge is 0.259 e. The van der Waals surface area contributed by atoms with E-state index in [-0.39, 0.29) is 12.5 Å². The SMILES string of the molecule is O=C(CNc1ccccc1)N/N=C\C(Br)=C\c1ccccc1. The van der Waals surface area contributed by atoms with E-state index in [4.69, 9.17) is 0 Å². The van der Waals surface area contributed by atoms with Gasteiger partial charge in [-0.2, -0.15) is 5.10 Å². The maximum absolute atomic E-state index is 11.6. The van der Waals surface area contributed by atoms with Gasteiger partial charge in [0.25, 0.3) is 5.91 Å². The molecule has 0 atom stereocenters. The molecule has 22 heavy (non-hydrogen) atoms. The molecule has 2 N–H and O–H groups in total. The quantitative estimate of drug-likeness (QED) is 0.612. The predicted molar refractivity (Wildman–Crippen MR) is 94.9 cm³/mol. The summed E-state index contributed by atoms with van der Waals surface area (Å²) in [4.78, 5) is 11.6. The fourth-order valence-electron chi connectivity index (χ4n) is 1.69. The Balaban J connectivity index is 1.77. The highest BCUT2D eigenvalue weighted by Gasteiger charge is 1.98. The lowest BCUT2D eigenvalue weighted by atomic mass is 10.2. The van der Waals surface area contributed by atoms with E-state index >= 15 is 0 Å². The lowest BCUT2D eigenvalue weighted by molar-refractivity contribution is -0.119. The van der Waals surface area contributed by atoms with Crippen molar-refractivity contribution < 1.29 is 4.79 Å². The van der Waals surface area contributed by atoms with Crippen molar-refractivity contribution in [2.45, 2.75) is 0 Å². The molecular formula is C17H16BrN3O. The molecular weight excluding hydrogens is 342 g/mol. The summed E-state index contributed by atoms with van der Waals surface area (Å²) >= 11 is 3.39.